The van der Waals surface area contributed by atoms with E-state index in [9.17, 15) is 9.18 Å². The van der Waals surface area contributed by atoms with Crippen molar-refractivity contribution in [1.82, 2.24) is 0 Å². The molecule has 10 heteroatoms. The van der Waals surface area contributed by atoms with Gasteiger partial charge in [0, 0.05) is 10.9 Å². The number of hydrogen-bond acceptors (Lipinski definition) is 6. The Labute approximate surface area is 185 Å². The zero-order valence-corrected chi connectivity index (χ0v) is 19.9. The molecule has 162 valence electrons. The molecule has 0 spiro atoms. The number of fused-ring (bicyclic) bond motifs is 5. The van der Waals surface area contributed by atoms with Crippen molar-refractivity contribution in [2.75, 3.05) is 0 Å². The van der Waals surface area contributed by atoms with Crippen molar-refractivity contribution < 1.29 is 32.5 Å². The van der Waals surface area contributed by atoms with E-state index in [-0.39, 0.29) is 5.56 Å². The van der Waals surface area contributed by atoms with Crippen molar-refractivity contribution in [3.63, 3.8) is 0 Å². The summed E-state index contributed by atoms with van der Waals surface area (Å²) in [6.07, 6.45) is -0.463. The van der Waals surface area contributed by atoms with Crippen LogP contribution in [-0.2, 0) is 23.4 Å². The van der Waals surface area contributed by atoms with Crippen molar-refractivity contribution in [3.8, 4) is 0 Å². The van der Waals surface area contributed by atoms with Gasteiger partial charge in [0.2, 0.25) is 0 Å². The molecule has 0 aromatic heterocycles. The van der Waals surface area contributed by atoms with Crippen LogP contribution in [0.1, 0.15) is 63.9 Å². The van der Waals surface area contributed by atoms with E-state index in [4.69, 9.17) is 23.4 Å². The van der Waals surface area contributed by atoms with E-state index >= 15 is 0 Å². The number of esters is 1. The maximum atomic E-state index is 14.8. The molecule has 0 amide bonds. The van der Waals surface area contributed by atoms with Crippen LogP contribution in [-0.4, -0.2) is 48.5 Å². The molecule has 0 radical (unpaired) electrons. The number of carbonyl (C=O) groups is 1. The summed E-state index contributed by atoms with van der Waals surface area (Å²) in [5.74, 6) is -1.37. The fourth-order valence-corrected chi connectivity index (χ4v) is 4.65. The molecule has 3 atom stereocenters. The normalized spacial score (nSPS) is 34.0. The standard InChI is InChI=1S/C20H26B2BrFO6/c1-11-13(23)9-8-12(15(11)24)16(25)26-14-10-19(6)17(2,3)27-21(29-19)22-28-18(4,5)20(14,7)30-22/h8-9,14H,10H2,1-7H3. The van der Waals surface area contributed by atoms with Gasteiger partial charge in [0.25, 0.3) is 0 Å². The van der Waals surface area contributed by atoms with E-state index in [1.807, 2.05) is 41.5 Å². The van der Waals surface area contributed by atoms with Gasteiger partial charge in [-0.05, 0) is 66.2 Å². The van der Waals surface area contributed by atoms with Crippen LogP contribution in [0.3, 0.4) is 0 Å². The molecule has 1 aromatic rings. The number of rotatable bonds is 2. The zero-order valence-electron chi connectivity index (χ0n) is 18.3. The lowest BCUT2D eigenvalue weighted by atomic mass is 9.49. The summed E-state index contributed by atoms with van der Waals surface area (Å²) >= 11 is 3.28. The first-order valence-corrected chi connectivity index (χ1v) is 10.9. The Morgan fingerprint density at radius 1 is 1.07 bits per heavy atom. The maximum Gasteiger partial charge on any atom is 0.489 e. The number of carbonyl (C=O) groups excluding carboxylic acids is 1. The minimum Gasteiger partial charge on any atom is -0.455 e. The summed E-state index contributed by atoms with van der Waals surface area (Å²) in [5, 5.41) is 0. The van der Waals surface area contributed by atoms with E-state index in [1.54, 1.807) is 13.0 Å². The Kier molecular flexibility index (Phi) is 5.03. The fourth-order valence-electron chi connectivity index (χ4n) is 4.35. The molecule has 4 bridgehead atoms. The number of ether oxygens (including phenoxy) is 1. The minimum atomic E-state index is -0.985. The molecule has 3 saturated heterocycles. The summed E-state index contributed by atoms with van der Waals surface area (Å²) in [6, 6.07) is 3.05. The van der Waals surface area contributed by atoms with Gasteiger partial charge in [-0.1, -0.05) is 15.9 Å². The molecular formula is C20H26B2BrFO6. The third kappa shape index (κ3) is 3.10. The van der Waals surface area contributed by atoms with E-state index in [1.165, 1.54) is 6.07 Å². The number of halogens is 2. The molecule has 0 N–H and O–H groups in total. The van der Waals surface area contributed by atoms with E-state index < -0.39 is 54.3 Å². The second-order valence-electron chi connectivity index (χ2n) is 9.70. The van der Waals surface area contributed by atoms with Crippen LogP contribution in [0.5, 0.6) is 0 Å². The van der Waals surface area contributed by atoms with Crippen molar-refractivity contribution >= 4 is 35.9 Å². The Morgan fingerprint density at radius 3 is 2.33 bits per heavy atom. The van der Waals surface area contributed by atoms with Crippen LogP contribution in [0.2, 0.25) is 0 Å². The van der Waals surface area contributed by atoms with Crippen LogP contribution in [0, 0.1) is 12.7 Å². The fraction of sp³-hybridized carbons (Fsp3) is 0.650. The van der Waals surface area contributed by atoms with Crippen LogP contribution in [0.4, 0.5) is 4.39 Å². The summed E-state index contributed by atoms with van der Waals surface area (Å²) in [7, 11) is -1.45. The maximum absolute atomic E-state index is 14.8. The molecule has 3 aliphatic heterocycles. The summed E-state index contributed by atoms with van der Waals surface area (Å²) < 4.78 is 46.0. The predicted molar refractivity (Wildman–Crippen MR) is 113 cm³/mol. The molecular weight excluding hydrogens is 457 g/mol. The average molecular weight is 483 g/mol. The monoisotopic (exact) mass is 482 g/mol. The Bertz CT molecular complexity index is 912. The lowest BCUT2D eigenvalue weighted by Crippen LogP contribution is -2.60. The molecule has 1 aromatic carbocycles. The summed E-state index contributed by atoms with van der Waals surface area (Å²) in [6.45, 7) is 13.0. The average Bonchev–Trinajstić information content (AvgIpc) is 3.02. The highest BCUT2D eigenvalue weighted by Gasteiger charge is 2.71. The van der Waals surface area contributed by atoms with Crippen LogP contribution in [0.15, 0.2) is 16.6 Å². The van der Waals surface area contributed by atoms with Crippen LogP contribution < -0.4 is 0 Å². The smallest absolute Gasteiger partial charge is 0.455 e. The summed E-state index contributed by atoms with van der Waals surface area (Å²) in [4.78, 5) is 13.0. The van der Waals surface area contributed by atoms with Crippen molar-refractivity contribution in [1.29, 1.82) is 0 Å². The molecule has 30 heavy (non-hydrogen) atoms. The van der Waals surface area contributed by atoms with Gasteiger partial charge in [-0.25, -0.2) is 9.18 Å². The lowest BCUT2D eigenvalue weighted by Gasteiger charge is -2.46. The van der Waals surface area contributed by atoms with Crippen LogP contribution in [0.25, 0.3) is 0 Å². The highest BCUT2D eigenvalue weighted by Crippen LogP contribution is 2.52. The highest BCUT2D eigenvalue weighted by molar-refractivity contribution is 9.10. The first kappa shape index (κ1) is 22.3. The summed E-state index contributed by atoms with van der Waals surface area (Å²) in [5.41, 5.74) is -2.99. The molecule has 3 aliphatic rings. The van der Waals surface area contributed by atoms with Gasteiger partial charge in [-0.3, -0.25) is 0 Å². The quantitative estimate of drug-likeness (QED) is 0.468. The van der Waals surface area contributed by atoms with E-state index in [0.717, 1.165) is 0 Å². The Morgan fingerprint density at radius 2 is 1.67 bits per heavy atom. The van der Waals surface area contributed by atoms with E-state index in [0.29, 0.717) is 16.5 Å². The van der Waals surface area contributed by atoms with Crippen LogP contribution >= 0.6 is 15.9 Å². The van der Waals surface area contributed by atoms with Gasteiger partial charge in [-0.15, -0.1) is 0 Å². The predicted octanol–water partition coefficient (Wildman–Crippen LogP) is 4.05. The van der Waals surface area contributed by atoms with Crippen molar-refractivity contribution in [2.24, 2.45) is 0 Å². The third-order valence-corrected chi connectivity index (χ3v) is 8.09. The largest absolute Gasteiger partial charge is 0.489 e. The molecule has 3 heterocycles. The van der Waals surface area contributed by atoms with Gasteiger partial charge in [0.05, 0.1) is 22.4 Å². The Balaban J connectivity index is 1.73. The van der Waals surface area contributed by atoms with Gasteiger partial charge in [-0.2, -0.15) is 0 Å². The minimum absolute atomic E-state index is 0.125. The SMILES string of the molecule is Cc1c(Br)ccc(C(=O)OC2CC3(C)OB(OC3(C)C)B3OC(C)(C)C2(C)O3)c1F. The van der Waals surface area contributed by atoms with Crippen molar-refractivity contribution in [3.05, 3.63) is 33.5 Å². The van der Waals surface area contributed by atoms with Crippen molar-refractivity contribution in [2.45, 2.75) is 83.4 Å². The third-order valence-electron chi connectivity index (χ3n) is 7.23. The molecule has 4 rings (SSSR count). The van der Waals surface area contributed by atoms with Gasteiger partial charge in [0.1, 0.15) is 17.5 Å². The van der Waals surface area contributed by atoms with Gasteiger partial charge in [0.15, 0.2) is 0 Å². The van der Waals surface area contributed by atoms with E-state index in [2.05, 4.69) is 15.9 Å². The Hall–Kier alpha value is -0.930. The highest BCUT2D eigenvalue weighted by atomic mass is 79.9. The second kappa shape index (κ2) is 6.78. The lowest BCUT2D eigenvalue weighted by molar-refractivity contribution is -0.136. The van der Waals surface area contributed by atoms with Gasteiger partial charge < -0.3 is 23.4 Å². The molecule has 0 saturated carbocycles. The number of benzene rings is 1. The topological polar surface area (TPSA) is 63.2 Å². The first-order chi connectivity index (χ1) is 13.7. The molecule has 0 aliphatic carbocycles. The molecule has 3 fully saturated rings. The zero-order chi connectivity index (χ0) is 22.3. The number of hydrogen-bond donors (Lipinski definition) is 0. The van der Waals surface area contributed by atoms with Gasteiger partial charge >= 0.3 is 20.0 Å². The molecule has 3 unspecified atom stereocenters. The second-order valence-corrected chi connectivity index (χ2v) is 10.6. The first-order valence-electron chi connectivity index (χ1n) is 10.1. The molecule has 6 nitrogen and oxygen atoms in total.